The minimum atomic E-state index is 0. The first-order chi connectivity index (χ1) is 4.00. The highest BCUT2D eigenvalue weighted by Gasteiger charge is 0.460. The van der Waals surface area contributed by atoms with Crippen molar-refractivity contribution >= 4 is 0 Å². The second-order valence-electron chi connectivity index (χ2n) is 0. The third-order valence-electron chi connectivity index (χ3n) is 0. The van der Waals surface area contributed by atoms with Gasteiger partial charge in [0.25, 0.3) is 0 Å². The van der Waals surface area contributed by atoms with Crippen LogP contribution in [0.4, 0.5) is 0 Å². The van der Waals surface area contributed by atoms with Crippen LogP contribution in [-0.2, 0) is 0 Å². The standard InChI is InChI=1S/4C2H2.CH4/c4*1-2;/h4*1-2H;1H4. The fraction of sp³-hybridized carbons (Fsp3) is 0.111. The van der Waals surface area contributed by atoms with Gasteiger partial charge in [0.1, 0.15) is 0 Å². The van der Waals surface area contributed by atoms with E-state index in [0.29, 0.717) is 0 Å². The summed E-state index contributed by atoms with van der Waals surface area (Å²) in [5.74, 6) is 0. The first-order valence-corrected chi connectivity index (χ1v) is 1.33. The lowest BCUT2D eigenvalue weighted by atomic mass is 11.4. The predicted molar refractivity (Wildman–Crippen MR) is 46.3 cm³/mol. The van der Waals surface area contributed by atoms with Crippen LogP contribution < -0.4 is 0 Å². The van der Waals surface area contributed by atoms with Gasteiger partial charge in [-0.05, 0) is 0 Å². The summed E-state index contributed by atoms with van der Waals surface area (Å²) < 4.78 is 0. The van der Waals surface area contributed by atoms with Crippen molar-refractivity contribution in [2.75, 3.05) is 0 Å². The van der Waals surface area contributed by atoms with Gasteiger partial charge in [-0.25, -0.2) is 0 Å². The van der Waals surface area contributed by atoms with Crippen LogP contribution in [0, 0.1) is 51.4 Å². The predicted octanol–water partition coefficient (Wildman–Crippen LogP) is 1.63. The van der Waals surface area contributed by atoms with Gasteiger partial charge in [-0.3, -0.25) is 0 Å². The van der Waals surface area contributed by atoms with Crippen LogP contribution in [0.1, 0.15) is 7.43 Å². The molecular weight excluding hydrogens is 108 g/mol. The molecule has 0 heterocycles. The maximum atomic E-state index is 4.00. The van der Waals surface area contributed by atoms with Gasteiger partial charge in [0.2, 0.25) is 0 Å². The Morgan fingerprint density at radius 2 is 0.333 bits per heavy atom. The van der Waals surface area contributed by atoms with Crippen LogP contribution in [0.5, 0.6) is 0 Å². The molecule has 0 aromatic rings. The lowest BCUT2D eigenvalue weighted by molar-refractivity contribution is 2.50. The van der Waals surface area contributed by atoms with E-state index in [9.17, 15) is 0 Å². The largest absolute Gasteiger partial charge is 0.124 e. The van der Waals surface area contributed by atoms with Crippen molar-refractivity contribution in [3.8, 4) is 51.4 Å². The summed E-state index contributed by atoms with van der Waals surface area (Å²) in [6.07, 6.45) is 32.0. The molecule has 0 rings (SSSR count). The zero-order valence-electron chi connectivity index (χ0n) is 4.62. The molecule has 0 aliphatic heterocycles. The SMILES string of the molecule is C.C#C.C#C.C#C.C#C. The van der Waals surface area contributed by atoms with Crippen molar-refractivity contribution < 1.29 is 0 Å². The molecule has 0 fully saturated rings. The molecule has 0 saturated carbocycles. The molecule has 0 radical (unpaired) electrons. The number of rotatable bonds is 0. The molecular formula is C9H12. The average Bonchev–Trinajstić information content (AvgIpc) is 2.03. The van der Waals surface area contributed by atoms with Gasteiger partial charge in [-0.2, -0.15) is 0 Å². The molecule has 9 heavy (non-hydrogen) atoms. The van der Waals surface area contributed by atoms with E-state index in [1.54, 1.807) is 0 Å². The smallest absolute Gasteiger partial charge is 0.0776 e. The Balaban J connectivity index is -0.00000000762. The van der Waals surface area contributed by atoms with Crippen LogP contribution in [-0.4, -0.2) is 0 Å². The summed E-state index contributed by atoms with van der Waals surface area (Å²) in [7, 11) is 0. The Morgan fingerprint density at radius 1 is 0.333 bits per heavy atom. The van der Waals surface area contributed by atoms with Crippen LogP contribution in [0.25, 0.3) is 0 Å². The molecule has 0 N–H and O–H groups in total. The van der Waals surface area contributed by atoms with Crippen molar-refractivity contribution in [2.45, 2.75) is 7.43 Å². The minimum absolute atomic E-state index is 0. The van der Waals surface area contributed by atoms with E-state index in [1.165, 1.54) is 0 Å². The molecule has 0 aliphatic rings. The normalized spacial score (nSPS) is 0.889. The Kier molecular flexibility index (Phi) is 345. The summed E-state index contributed by atoms with van der Waals surface area (Å²) in [5.41, 5.74) is 0. The van der Waals surface area contributed by atoms with Gasteiger partial charge in [-0.1, -0.05) is 7.43 Å². The molecule has 0 bridgehead atoms. The highest BCUT2D eigenvalue weighted by atomic mass is 12.6. The highest BCUT2D eigenvalue weighted by Crippen LogP contribution is 0.585. The summed E-state index contributed by atoms with van der Waals surface area (Å²) in [5, 5.41) is 0. The van der Waals surface area contributed by atoms with Gasteiger partial charge in [0, 0.05) is 0 Å². The summed E-state index contributed by atoms with van der Waals surface area (Å²) in [6, 6.07) is 0. The Bertz CT molecular complexity index is 43.0. The Hall–Kier alpha value is -1.76. The summed E-state index contributed by atoms with van der Waals surface area (Å²) >= 11 is 0. The second-order valence-corrected chi connectivity index (χ2v) is 0. The molecule has 48 valence electrons. The third kappa shape index (κ3) is 36.2. The highest BCUT2D eigenvalue weighted by molar-refractivity contribution is 4.47. The molecule has 0 nitrogen and oxygen atoms in total. The fourth-order valence-corrected chi connectivity index (χ4v) is 0. The van der Waals surface area contributed by atoms with Crippen molar-refractivity contribution in [1.29, 1.82) is 0 Å². The monoisotopic (exact) mass is 120 g/mol. The number of hydrogen-bond acceptors (Lipinski definition) is 0. The molecule has 0 spiro atoms. The van der Waals surface area contributed by atoms with E-state index in [2.05, 4.69) is 51.4 Å². The van der Waals surface area contributed by atoms with Gasteiger partial charge in [0.15, 0.2) is 0 Å². The van der Waals surface area contributed by atoms with E-state index in [0.717, 1.165) is 0 Å². The topological polar surface area (TPSA) is 0 Å². The van der Waals surface area contributed by atoms with Crippen LogP contribution in [0.2, 0.25) is 0 Å². The fourth-order valence-electron chi connectivity index (χ4n) is 0. The third-order valence-corrected chi connectivity index (χ3v) is 0. The molecule has 0 aromatic carbocycles. The summed E-state index contributed by atoms with van der Waals surface area (Å²) in [6.45, 7) is 0. The second kappa shape index (κ2) is 55.3. The van der Waals surface area contributed by atoms with E-state index in [-0.39, 0.29) is 7.43 Å². The van der Waals surface area contributed by atoms with Gasteiger partial charge < -0.3 is 0 Å². The maximum absolute atomic E-state index is 4.00. The molecule has 0 aliphatic carbocycles. The molecule has 0 saturated heterocycles. The van der Waals surface area contributed by atoms with Crippen molar-refractivity contribution in [1.82, 2.24) is 0 Å². The Morgan fingerprint density at radius 3 is 0.333 bits per heavy atom. The van der Waals surface area contributed by atoms with Gasteiger partial charge in [0.05, 0.1) is 0 Å². The molecule has 0 atom stereocenters. The van der Waals surface area contributed by atoms with Crippen molar-refractivity contribution in [3.63, 3.8) is 0 Å². The van der Waals surface area contributed by atoms with E-state index in [4.69, 9.17) is 0 Å². The maximum Gasteiger partial charge on any atom is -0.0776 e. The number of hydrogen-bond donors (Lipinski definition) is 0. The van der Waals surface area contributed by atoms with E-state index >= 15 is 0 Å². The Labute approximate surface area is 59.7 Å². The van der Waals surface area contributed by atoms with E-state index in [1.807, 2.05) is 0 Å². The van der Waals surface area contributed by atoms with Crippen LogP contribution in [0.3, 0.4) is 0 Å². The first kappa shape index (κ1) is 56.2. The van der Waals surface area contributed by atoms with Crippen LogP contribution in [0.15, 0.2) is 0 Å². The first-order valence-electron chi connectivity index (χ1n) is 1.33. The lowest BCUT2D eigenvalue weighted by Gasteiger charge is -0.701. The zero-order chi connectivity index (χ0) is 8.00. The number of terminal acetylenes is 4. The van der Waals surface area contributed by atoms with E-state index < -0.39 is 0 Å². The van der Waals surface area contributed by atoms with Gasteiger partial charge >= 0.3 is 0 Å². The molecule has 0 heteroatoms. The van der Waals surface area contributed by atoms with Gasteiger partial charge in [-0.15, -0.1) is 51.4 Å². The summed E-state index contributed by atoms with van der Waals surface area (Å²) in [4.78, 5) is 0. The van der Waals surface area contributed by atoms with Crippen molar-refractivity contribution in [2.24, 2.45) is 0 Å². The molecule has 0 amide bonds. The lowest BCUT2D eigenvalue weighted by Crippen LogP contribution is -0.576. The minimum Gasteiger partial charge on any atom is -0.124 e. The molecule has 0 aromatic heterocycles. The van der Waals surface area contributed by atoms with Crippen molar-refractivity contribution in [3.05, 3.63) is 0 Å². The zero-order valence-corrected chi connectivity index (χ0v) is 4.62. The van der Waals surface area contributed by atoms with Crippen LogP contribution >= 0.6 is 0 Å². The quantitative estimate of drug-likeness (QED) is 0.426. The molecule has 0 unspecified atom stereocenters. The average molecular weight is 120 g/mol.